The van der Waals surface area contributed by atoms with E-state index in [1.165, 1.54) is 49.3 Å². The Balaban J connectivity index is 1.22. The maximum Gasteiger partial charge on any atom is 0.231 e. The zero-order valence-corrected chi connectivity index (χ0v) is 21.5. The number of hydrogen-bond donors (Lipinski definition) is 2. The zero-order valence-electron chi connectivity index (χ0n) is 20.7. The molecule has 2 N–H and O–H groups in total. The molecule has 2 aromatic carbocycles. The van der Waals surface area contributed by atoms with Crippen LogP contribution in [0.2, 0.25) is 0 Å². The molecule has 0 aliphatic carbocycles. The number of nitriles is 1. The van der Waals surface area contributed by atoms with Gasteiger partial charge in [-0.3, -0.25) is 0 Å². The van der Waals surface area contributed by atoms with Crippen LogP contribution in [0.15, 0.2) is 42.6 Å². The lowest BCUT2D eigenvalue weighted by Gasteiger charge is -2.26. The van der Waals surface area contributed by atoms with E-state index in [2.05, 4.69) is 55.8 Å². The van der Waals surface area contributed by atoms with E-state index in [9.17, 15) is 5.26 Å². The Morgan fingerprint density at radius 2 is 1.86 bits per heavy atom. The highest BCUT2D eigenvalue weighted by atomic mass is 32.1. The summed E-state index contributed by atoms with van der Waals surface area (Å²) >= 11 is 1.46. The molecule has 2 aromatic heterocycles. The predicted molar refractivity (Wildman–Crippen MR) is 146 cm³/mol. The Morgan fingerprint density at radius 1 is 1.03 bits per heavy atom. The molecule has 1 saturated heterocycles. The van der Waals surface area contributed by atoms with E-state index in [-0.39, 0.29) is 6.79 Å². The van der Waals surface area contributed by atoms with Crippen molar-refractivity contribution in [1.82, 2.24) is 14.9 Å². The predicted octanol–water partition coefficient (Wildman–Crippen LogP) is 6.12. The SMILES string of the molecule is Cc1ccc2c(c1Nc1c(C#N)cnc3nc(Nc4ccc(CCN5CCCCC5)cc4)sc13)OCO2. The molecule has 4 aromatic rings. The number of fused-ring (bicyclic) bond motifs is 2. The summed E-state index contributed by atoms with van der Waals surface area (Å²) in [5, 5.41) is 17.4. The summed E-state index contributed by atoms with van der Waals surface area (Å²) in [7, 11) is 0. The monoisotopic (exact) mass is 512 g/mol. The van der Waals surface area contributed by atoms with E-state index >= 15 is 0 Å². The van der Waals surface area contributed by atoms with Crippen molar-refractivity contribution in [2.75, 3.05) is 37.1 Å². The van der Waals surface area contributed by atoms with Gasteiger partial charge in [-0.2, -0.15) is 10.2 Å². The van der Waals surface area contributed by atoms with Crippen LogP contribution in [0.3, 0.4) is 0 Å². The van der Waals surface area contributed by atoms with Crippen molar-refractivity contribution in [3.05, 3.63) is 59.3 Å². The van der Waals surface area contributed by atoms with Crippen LogP contribution in [0.4, 0.5) is 22.2 Å². The van der Waals surface area contributed by atoms with Gasteiger partial charge in [0, 0.05) is 18.4 Å². The molecule has 37 heavy (non-hydrogen) atoms. The fourth-order valence-corrected chi connectivity index (χ4v) is 5.78. The van der Waals surface area contributed by atoms with Gasteiger partial charge in [0.2, 0.25) is 6.79 Å². The minimum absolute atomic E-state index is 0.177. The number of piperidine rings is 1. The van der Waals surface area contributed by atoms with Crippen LogP contribution < -0.4 is 20.1 Å². The van der Waals surface area contributed by atoms with E-state index in [0.29, 0.717) is 28.4 Å². The van der Waals surface area contributed by atoms with Gasteiger partial charge in [0.15, 0.2) is 22.3 Å². The number of nitrogens with zero attached hydrogens (tertiary/aromatic N) is 4. The smallest absolute Gasteiger partial charge is 0.231 e. The molecule has 0 amide bonds. The molecule has 4 heterocycles. The van der Waals surface area contributed by atoms with Crippen LogP contribution in [0.1, 0.15) is 36.0 Å². The van der Waals surface area contributed by atoms with Crippen LogP contribution in [0, 0.1) is 18.3 Å². The van der Waals surface area contributed by atoms with Crippen molar-refractivity contribution in [3.63, 3.8) is 0 Å². The van der Waals surface area contributed by atoms with Gasteiger partial charge in [-0.1, -0.05) is 36.0 Å². The van der Waals surface area contributed by atoms with Gasteiger partial charge < -0.3 is 25.0 Å². The molecule has 0 bridgehead atoms. The summed E-state index contributed by atoms with van der Waals surface area (Å²) in [5.41, 5.74) is 5.76. The summed E-state index contributed by atoms with van der Waals surface area (Å²) in [5.74, 6) is 1.33. The molecule has 0 atom stereocenters. The number of rotatable bonds is 7. The number of pyridine rings is 1. The minimum atomic E-state index is 0.177. The maximum atomic E-state index is 9.79. The molecule has 6 rings (SSSR count). The summed E-state index contributed by atoms with van der Waals surface area (Å²) in [6.07, 6.45) is 6.63. The number of thiazole rings is 1. The molecule has 0 spiro atoms. The van der Waals surface area contributed by atoms with Crippen LogP contribution >= 0.6 is 11.3 Å². The Morgan fingerprint density at radius 3 is 2.68 bits per heavy atom. The fourth-order valence-electron chi connectivity index (χ4n) is 4.84. The number of aryl methyl sites for hydroxylation is 1. The highest BCUT2D eigenvalue weighted by Crippen LogP contribution is 2.44. The first-order valence-corrected chi connectivity index (χ1v) is 13.4. The normalized spacial score (nSPS) is 15.0. The number of likely N-dealkylation sites (tertiary alicyclic amines) is 1. The van der Waals surface area contributed by atoms with Gasteiger partial charge in [0.25, 0.3) is 0 Å². The van der Waals surface area contributed by atoms with Gasteiger partial charge in [0.1, 0.15) is 10.8 Å². The summed E-state index contributed by atoms with van der Waals surface area (Å²) in [4.78, 5) is 11.7. The Labute approximate surface area is 219 Å². The third kappa shape index (κ3) is 4.90. The molecular weight excluding hydrogens is 484 g/mol. The molecule has 8 nitrogen and oxygen atoms in total. The Hall–Kier alpha value is -3.87. The second kappa shape index (κ2) is 10.2. The van der Waals surface area contributed by atoms with Gasteiger partial charge in [-0.25, -0.2) is 4.98 Å². The number of hydrogen-bond acceptors (Lipinski definition) is 9. The quantitative estimate of drug-likeness (QED) is 0.306. The van der Waals surface area contributed by atoms with Crippen molar-refractivity contribution in [3.8, 4) is 17.6 Å². The molecule has 1 fully saturated rings. The van der Waals surface area contributed by atoms with Gasteiger partial charge in [-0.15, -0.1) is 0 Å². The number of nitrogens with one attached hydrogen (secondary N) is 2. The van der Waals surface area contributed by atoms with Crippen LogP contribution in [-0.4, -0.2) is 41.3 Å². The minimum Gasteiger partial charge on any atom is -0.454 e. The van der Waals surface area contributed by atoms with E-state index < -0.39 is 0 Å². The Bertz CT molecular complexity index is 1470. The third-order valence-electron chi connectivity index (χ3n) is 6.91. The Kier molecular flexibility index (Phi) is 6.51. The largest absolute Gasteiger partial charge is 0.454 e. The molecule has 188 valence electrons. The van der Waals surface area contributed by atoms with Crippen molar-refractivity contribution >= 4 is 43.9 Å². The zero-order chi connectivity index (χ0) is 25.2. The highest BCUT2D eigenvalue weighted by molar-refractivity contribution is 7.22. The summed E-state index contributed by atoms with van der Waals surface area (Å²) in [6.45, 7) is 5.74. The lowest BCUT2D eigenvalue weighted by atomic mass is 10.1. The second-order valence-corrected chi connectivity index (χ2v) is 10.4. The highest BCUT2D eigenvalue weighted by Gasteiger charge is 2.22. The van der Waals surface area contributed by atoms with Gasteiger partial charge in [-0.05, 0) is 68.6 Å². The van der Waals surface area contributed by atoms with E-state index in [1.807, 2.05) is 19.1 Å². The standard InChI is InChI=1S/C28H28N6O2S/c1-18-5-10-22-25(36-17-35-22)23(18)32-24-20(15-29)16-30-27-26(24)37-28(33-27)31-21-8-6-19(7-9-21)11-14-34-12-3-2-4-13-34/h5-10,16H,2-4,11-14,17H2,1H3,(H2,30,31,32,33). The van der Waals surface area contributed by atoms with Crippen molar-refractivity contribution in [2.45, 2.75) is 32.6 Å². The average molecular weight is 513 g/mol. The van der Waals surface area contributed by atoms with Gasteiger partial charge in [0.05, 0.1) is 16.9 Å². The molecule has 2 aliphatic rings. The van der Waals surface area contributed by atoms with Crippen LogP contribution in [0.5, 0.6) is 11.5 Å². The fraction of sp³-hybridized carbons (Fsp3) is 0.321. The molecule has 0 saturated carbocycles. The maximum absolute atomic E-state index is 9.79. The molecule has 9 heteroatoms. The second-order valence-electron chi connectivity index (χ2n) is 9.42. The van der Waals surface area contributed by atoms with Crippen molar-refractivity contribution in [1.29, 1.82) is 5.26 Å². The van der Waals surface area contributed by atoms with Crippen LogP contribution in [-0.2, 0) is 6.42 Å². The average Bonchev–Trinajstić information content (AvgIpc) is 3.57. The first-order chi connectivity index (χ1) is 18.2. The summed E-state index contributed by atoms with van der Waals surface area (Å²) in [6, 6.07) is 14.7. The molecular formula is C28H28N6O2S. The van der Waals surface area contributed by atoms with E-state index in [1.54, 1.807) is 6.20 Å². The first-order valence-electron chi connectivity index (χ1n) is 12.6. The number of aromatic nitrogens is 2. The number of benzene rings is 2. The van der Waals surface area contributed by atoms with Crippen molar-refractivity contribution in [2.24, 2.45) is 0 Å². The van der Waals surface area contributed by atoms with Crippen molar-refractivity contribution < 1.29 is 9.47 Å². The molecule has 0 radical (unpaired) electrons. The number of ether oxygens (including phenoxy) is 2. The van der Waals surface area contributed by atoms with E-state index in [4.69, 9.17) is 9.47 Å². The first kappa shape index (κ1) is 23.5. The number of anilines is 4. The molecule has 2 aliphatic heterocycles. The molecule has 0 unspecified atom stereocenters. The lowest BCUT2D eigenvalue weighted by Crippen LogP contribution is -2.31. The lowest BCUT2D eigenvalue weighted by molar-refractivity contribution is 0.174. The summed E-state index contributed by atoms with van der Waals surface area (Å²) < 4.78 is 12.0. The van der Waals surface area contributed by atoms with E-state index in [0.717, 1.165) is 39.7 Å². The topological polar surface area (TPSA) is 95.3 Å². The van der Waals surface area contributed by atoms with Crippen LogP contribution in [0.25, 0.3) is 10.3 Å². The third-order valence-corrected chi connectivity index (χ3v) is 7.89. The van der Waals surface area contributed by atoms with Gasteiger partial charge >= 0.3 is 0 Å².